The van der Waals surface area contributed by atoms with Crippen LogP contribution in [0, 0.1) is 13.8 Å². The molecule has 1 unspecified atom stereocenters. The van der Waals surface area contributed by atoms with E-state index in [4.69, 9.17) is 9.47 Å². The van der Waals surface area contributed by atoms with Crippen molar-refractivity contribution in [1.82, 2.24) is 9.97 Å². The molecule has 5 rings (SSSR count). The molecule has 0 aliphatic carbocycles. The molecule has 0 spiro atoms. The number of methoxy groups -OCH3 is 1. The van der Waals surface area contributed by atoms with Gasteiger partial charge in [0.1, 0.15) is 0 Å². The smallest absolute Gasteiger partial charge is 0.358 e. The number of rotatable bonds is 8. The minimum Gasteiger partial charge on any atom is -0.439 e. The Morgan fingerprint density at radius 3 is 2.58 bits per heavy atom. The Bertz CT molecular complexity index is 1440. The van der Waals surface area contributed by atoms with Crippen molar-refractivity contribution < 1.29 is 14.3 Å². The van der Waals surface area contributed by atoms with Crippen LogP contribution >= 0.6 is 0 Å². The van der Waals surface area contributed by atoms with Crippen LogP contribution < -0.4 is 4.90 Å². The number of carbonyl (C=O) groups is 1. The van der Waals surface area contributed by atoms with Crippen molar-refractivity contribution >= 4 is 22.6 Å². The van der Waals surface area contributed by atoms with Gasteiger partial charge in [-0.2, -0.15) is 0 Å². The minimum atomic E-state index is -1.11. The maximum absolute atomic E-state index is 13.3. The van der Waals surface area contributed by atoms with Gasteiger partial charge in [0.05, 0.1) is 6.61 Å². The van der Waals surface area contributed by atoms with Crippen LogP contribution in [0.15, 0.2) is 54.7 Å². The molecule has 2 aromatic heterocycles. The molecule has 6 nitrogen and oxygen atoms in total. The molecule has 1 N–H and O–H groups in total. The summed E-state index contributed by atoms with van der Waals surface area (Å²) >= 11 is 0. The van der Waals surface area contributed by atoms with E-state index in [1.165, 1.54) is 0 Å². The first-order valence-electron chi connectivity index (χ1n) is 12.6. The van der Waals surface area contributed by atoms with Gasteiger partial charge in [0.15, 0.2) is 11.3 Å². The van der Waals surface area contributed by atoms with Gasteiger partial charge in [0, 0.05) is 65.4 Å². The quantitative estimate of drug-likeness (QED) is 0.327. The molecule has 2 aromatic carbocycles. The van der Waals surface area contributed by atoms with E-state index in [0.717, 1.165) is 69.6 Å². The number of benzene rings is 2. The van der Waals surface area contributed by atoms with Crippen molar-refractivity contribution in [3.63, 3.8) is 0 Å². The summed E-state index contributed by atoms with van der Waals surface area (Å²) in [5.74, 6) is -0.402. The van der Waals surface area contributed by atoms with Crippen LogP contribution in [0.4, 0.5) is 5.69 Å². The second-order valence-electron chi connectivity index (χ2n) is 9.35. The summed E-state index contributed by atoms with van der Waals surface area (Å²) in [5.41, 5.74) is 7.29. The number of esters is 1. The van der Waals surface area contributed by atoms with Crippen LogP contribution in [0.5, 0.6) is 0 Å². The van der Waals surface area contributed by atoms with E-state index in [1.54, 1.807) is 13.3 Å². The zero-order valence-electron chi connectivity index (χ0n) is 21.6. The molecular formula is C30H33N3O3. The maximum atomic E-state index is 13.3. The molecule has 0 amide bonds. The topological polar surface area (TPSA) is 67.5 Å². The minimum absolute atomic E-state index is 0.368. The number of fused-ring (bicyclic) bond motifs is 2. The predicted molar refractivity (Wildman–Crippen MR) is 143 cm³/mol. The van der Waals surface area contributed by atoms with Crippen LogP contribution in [0.2, 0.25) is 0 Å². The molecule has 1 aliphatic rings. The summed E-state index contributed by atoms with van der Waals surface area (Å²) in [6.45, 7) is 10.9. The third-order valence-electron chi connectivity index (χ3n) is 7.37. The molecule has 4 aromatic rings. The normalized spacial score (nSPS) is 16.9. The molecule has 186 valence electrons. The SMILES string of the molecule is CCN(CC)c1ccc(C2(c3c(C)[nH]c4cccc(CCOC)c34)OC(=O)c3ncccc32)c(C)c1. The van der Waals surface area contributed by atoms with E-state index in [1.807, 2.05) is 12.1 Å². The monoisotopic (exact) mass is 483 g/mol. The number of ether oxygens (including phenoxy) is 2. The van der Waals surface area contributed by atoms with Crippen molar-refractivity contribution in [3.8, 4) is 0 Å². The second kappa shape index (κ2) is 9.43. The van der Waals surface area contributed by atoms with Crippen LogP contribution in [-0.4, -0.2) is 42.7 Å². The number of pyridine rings is 1. The highest BCUT2D eigenvalue weighted by Gasteiger charge is 2.52. The summed E-state index contributed by atoms with van der Waals surface area (Å²) in [6, 6.07) is 16.6. The number of hydrogen-bond donors (Lipinski definition) is 1. The number of anilines is 1. The van der Waals surface area contributed by atoms with Crippen LogP contribution in [0.25, 0.3) is 10.9 Å². The fraction of sp³-hybridized carbons (Fsp3) is 0.333. The van der Waals surface area contributed by atoms with Gasteiger partial charge in [0.25, 0.3) is 0 Å². The molecule has 0 bridgehead atoms. The first-order valence-corrected chi connectivity index (χ1v) is 12.6. The Kier molecular flexibility index (Phi) is 6.31. The number of cyclic esters (lactones) is 1. The summed E-state index contributed by atoms with van der Waals surface area (Å²) in [6.07, 6.45) is 2.40. The van der Waals surface area contributed by atoms with Crippen LogP contribution in [-0.2, 0) is 21.5 Å². The van der Waals surface area contributed by atoms with E-state index in [-0.39, 0.29) is 0 Å². The standard InChI is InChI=1S/C30H33N3O3/c1-6-33(7-2)22-13-14-23(19(3)18-22)30(24-11-9-16-31-28(24)29(34)36-30)27-20(4)32-25-12-8-10-21(26(25)27)15-17-35-5/h8-14,16,18,32H,6-7,15,17H2,1-5H3. The largest absolute Gasteiger partial charge is 0.439 e. The van der Waals surface area contributed by atoms with Gasteiger partial charge in [-0.1, -0.05) is 24.3 Å². The van der Waals surface area contributed by atoms with Crippen molar-refractivity contribution in [2.75, 3.05) is 31.7 Å². The number of carbonyl (C=O) groups excluding carboxylic acids is 1. The average Bonchev–Trinajstić information content (AvgIpc) is 3.38. The van der Waals surface area contributed by atoms with Crippen molar-refractivity contribution in [2.24, 2.45) is 0 Å². The fourth-order valence-corrected chi connectivity index (χ4v) is 5.76. The van der Waals surface area contributed by atoms with Gasteiger partial charge >= 0.3 is 5.97 Å². The third kappa shape index (κ3) is 3.59. The number of nitrogens with zero attached hydrogens (tertiary/aromatic N) is 2. The number of hydrogen-bond acceptors (Lipinski definition) is 5. The first kappa shape index (κ1) is 24.1. The number of H-pyrrole nitrogens is 1. The molecule has 6 heteroatoms. The highest BCUT2D eigenvalue weighted by molar-refractivity contribution is 5.98. The van der Waals surface area contributed by atoms with E-state index < -0.39 is 11.6 Å². The molecule has 3 heterocycles. The third-order valence-corrected chi connectivity index (χ3v) is 7.37. The van der Waals surface area contributed by atoms with Crippen molar-refractivity contribution in [2.45, 2.75) is 39.7 Å². The summed E-state index contributed by atoms with van der Waals surface area (Å²) < 4.78 is 11.9. The number of nitrogens with one attached hydrogen (secondary N) is 1. The lowest BCUT2D eigenvalue weighted by Crippen LogP contribution is -2.32. The molecule has 0 radical (unpaired) electrons. The highest BCUT2D eigenvalue weighted by atomic mass is 16.6. The van der Waals surface area contributed by atoms with Gasteiger partial charge in [0.2, 0.25) is 0 Å². The molecule has 36 heavy (non-hydrogen) atoms. The Hall–Kier alpha value is -3.64. The van der Waals surface area contributed by atoms with Crippen LogP contribution in [0.1, 0.15) is 57.8 Å². The van der Waals surface area contributed by atoms with Crippen molar-refractivity contribution in [3.05, 3.63) is 93.9 Å². The van der Waals surface area contributed by atoms with E-state index >= 15 is 0 Å². The van der Waals surface area contributed by atoms with E-state index in [2.05, 4.69) is 79.0 Å². The molecular weight excluding hydrogens is 450 g/mol. The Morgan fingerprint density at radius 2 is 1.86 bits per heavy atom. The zero-order chi connectivity index (χ0) is 25.4. The fourth-order valence-electron chi connectivity index (χ4n) is 5.76. The Balaban J connectivity index is 1.85. The lowest BCUT2D eigenvalue weighted by molar-refractivity contribution is 0.0250. The molecule has 1 atom stereocenters. The summed E-state index contributed by atoms with van der Waals surface area (Å²) in [4.78, 5) is 23.6. The zero-order valence-corrected chi connectivity index (χ0v) is 21.6. The summed E-state index contributed by atoms with van der Waals surface area (Å²) in [5, 5.41) is 1.07. The summed E-state index contributed by atoms with van der Waals surface area (Å²) in [7, 11) is 1.71. The lowest BCUT2D eigenvalue weighted by atomic mass is 9.77. The van der Waals surface area contributed by atoms with Crippen LogP contribution in [0.3, 0.4) is 0 Å². The van der Waals surface area contributed by atoms with Crippen molar-refractivity contribution in [1.29, 1.82) is 0 Å². The average molecular weight is 484 g/mol. The Morgan fingerprint density at radius 1 is 1.06 bits per heavy atom. The van der Waals surface area contributed by atoms with E-state index in [9.17, 15) is 4.79 Å². The number of aryl methyl sites for hydroxylation is 2. The molecule has 0 fully saturated rings. The van der Waals surface area contributed by atoms with E-state index in [0.29, 0.717) is 12.3 Å². The van der Waals surface area contributed by atoms with Gasteiger partial charge in [-0.25, -0.2) is 9.78 Å². The second-order valence-corrected chi connectivity index (χ2v) is 9.35. The highest BCUT2D eigenvalue weighted by Crippen LogP contribution is 2.51. The lowest BCUT2D eigenvalue weighted by Gasteiger charge is -2.33. The number of aromatic nitrogens is 2. The predicted octanol–water partition coefficient (Wildman–Crippen LogP) is 5.68. The molecule has 0 saturated heterocycles. The first-order chi connectivity index (χ1) is 17.5. The van der Waals surface area contributed by atoms with Gasteiger partial charge < -0.3 is 19.4 Å². The van der Waals surface area contributed by atoms with Gasteiger partial charge in [-0.3, -0.25) is 0 Å². The molecule has 1 aliphatic heterocycles. The Labute approximate surface area is 212 Å². The molecule has 0 saturated carbocycles. The maximum Gasteiger partial charge on any atom is 0.358 e. The number of aromatic amines is 1. The van der Waals surface area contributed by atoms with Gasteiger partial charge in [-0.15, -0.1) is 0 Å². The van der Waals surface area contributed by atoms with Gasteiger partial charge in [-0.05, 0) is 69.5 Å².